The van der Waals surface area contributed by atoms with Gasteiger partial charge in [-0.25, -0.2) is 17.7 Å². The van der Waals surface area contributed by atoms with Crippen LogP contribution in [-0.4, -0.2) is 15.9 Å². The molecule has 2 aromatic carbocycles. The third-order valence-corrected chi connectivity index (χ3v) is 4.88. The van der Waals surface area contributed by atoms with Gasteiger partial charge < -0.3 is 14.8 Å². The van der Waals surface area contributed by atoms with Gasteiger partial charge in [-0.05, 0) is 17.5 Å². The van der Waals surface area contributed by atoms with Gasteiger partial charge in [0.2, 0.25) is 0 Å². The molecular formula is C29H30IrNO3Y-3. The van der Waals surface area contributed by atoms with E-state index in [4.69, 9.17) is 4.74 Å². The molecule has 0 unspecified atom stereocenters. The van der Waals surface area contributed by atoms with E-state index in [0.29, 0.717) is 31.3 Å². The summed E-state index contributed by atoms with van der Waals surface area (Å²) in [5.41, 5.74) is 4.66. The molecule has 3 aromatic rings. The molecular weight excluding hydrogens is 691 g/mol. The number of benzene rings is 2. The fourth-order valence-electron chi connectivity index (χ4n) is 3.46. The second-order valence-corrected chi connectivity index (χ2v) is 8.90. The molecule has 6 heteroatoms. The van der Waals surface area contributed by atoms with Gasteiger partial charge in [-0.2, -0.15) is 24.3 Å². The van der Waals surface area contributed by atoms with Crippen LogP contribution in [0, 0.1) is 30.0 Å². The van der Waals surface area contributed by atoms with Crippen molar-refractivity contribution in [3.8, 4) is 28.3 Å². The predicted molar refractivity (Wildman–Crippen MR) is 131 cm³/mol. The number of aliphatic hydroxyl groups is 1. The molecule has 1 aromatic heterocycles. The van der Waals surface area contributed by atoms with Crippen molar-refractivity contribution in [1.82, 2.24) is 4.98 Å². The topological polar surface area (TPSA) is 59.4 Å². The first-order valence-electron chi connectivity index (χ1n) is 11.3. The second kappa shape index (κ2) is 15.5. The number of ketones is 1. The summed E-state index contributed by atoms with van der Waals surface area (Å²) in [6.45, 7) is 8.57. The molecule has 1 aliphatic heterocycles. The molecule has 4 nitrogen and oxygen atoms in total. The zero-order chi connectivity index (χ0) is 23.8. The fraction of sp³-hybridized carbons (Fsp3) is 0.310. The Labute approximate surface area is 247 Å². The van der Waals surface area contributed by atoms with Crippen molar-refractivity contribution in [3.05, 3.63) is 84.1 Å². The monoisotopic (exact) mass is 722 g/mol. The molecule has 0 saturated heterocycles. The zero-order valence-corrected chi connectivity index (χ0v) is 25.8. The number of fused-ring (bicyclic) bond motifs is 3. The van der Waals surface area contributed by atoms with Gasteiger partial charge in [-0.3, -0.25) is 4.79 Å². The van der Waals surface area contributed by atoms with Gasteiger partial charge in [0.25, 0.3) is 0 Å². The molecule has 184 valence electrons. The first kappa shape index (κ1) is 31.4. The van der Waals surface area contributed by atoms with Crippen LogP contribution in [0.25, 0.3) is 22.5 Å². The number of hydrogen-bond acceptors (Lipinski definition) is 4. The standard InChI is InChI=1S/C18H10NO.C11H20O2.Ir.Y/c1-2-6-13(7-3-1)16-10-11-17-18(19-16)15-9-5-4-8-14(15)12-20-17;1-8(2)5-10(12)7-11(13)6-9(3)4;;/h1-6,8,11H,12H2;7-9,12H,5-6H2,1-4H3;;/q-3;;;/b;10-7-;;. The van der Waals surface area contributed by atoms with Crippen molar-refractivity contribution in [2.24, 2.45) is 11.8 Å². The number of carbonyl (C=O) groups is 1. The van der Waals surface area contributed by atoms with E-state index < -0.39 is 0 Å². The fourth-order valence-corrected chi connectivity index (χ4v) is 3.46. The summed E-state index contributed by atoms with van der Waals surface area (Å²) in [4.78, 5) is 15.9. The minimum atomic E-state index is 0. The van der Waals surface area contributed by atoms with Gasteiger partial charge in [0.05, 0.1) is 12.4 Å². The van der Waals surface area contributed by atoms with Crippen LogP contribution in [-0.2, 0) is 64.2 Å². The molecule has 35 heavy (non-hydrogen) atoms. The van der Waals surface area contributed by atoms with Gasteiger partial charge >= 0.3 is 0 Å². The number of aromatic nitrogens is 1. The molecule has 0 fully saturated rings. The van der Waals surface area contributed by atoms with E-state index in [-0.39, 0.29) is 64.4 Å². The van der Waals surface area contributed by atoms with Crippen molar-refractivity contribution < 1.29 is 67.5 Å². The molecule has 0 aliphatic carbocycles. The van der Waals surface area contributed by atoms with Crippen molar-refractivity contribution in [2.75, 3.05) is 0 Å². The van der Waals surface area contributed by atoms with E-state index in [1.54, 1.807) is 0 Å². The quantitative estimate of drug-likeness (QED) is 0.173. The number of allylic oxidation sites excluding steroid dienone is 2. The third-order valence-electron chi connectivity index (χ3n) is 4.88. The maximum atomic E-state index is 11.2. The summed E-state index contributed by atoms with van der Waals surface area (Å²) in [6.07, 6.45) is 2.46. The summed E-state index contributed by atoms with van der Waals surface area (Å²) in [5, 5.41) is 9.34. The van der Waals surface area contributed by atoms with Crippen LogP contribution < -0.4 is 4.74 Å². The van der Waals surface area contributed by atoms with Crippen molar-refractivity contribution in [3.63, 3.8) is 0 Å². The Morgan fingerprint density at radius 1 is 1.06 bits per heavy atom. The van der Waals surface area contributed by atoms with E-state index in [0.717, 1.165) is 33.8 Å². The van der Waals surface area contributed by atoms with Gasteiger partial charge in [0.1, 0.15) is 0 Å². The Morgan fingerprint density at radius 2 is 1.77 bits per heavy atom. The van der Waals surface area contributed by atoms with Crippen LogP contribution in [0.3, 0.4) is 0 Å². The number of hydrogen-bond donors (Lipinski definition) is 1. The van der Waals surface area contributed by atoms with Gasteiger partial charge in [0.15, 0.2) is 5.78 Å². The third kappa shape index (κ3) is 9.73. The summed E-state index contributed by atoms with van der Waals surface area (Å²) in [5.74, 6) is 1.74. The zero-order valence-electron chi connectivity index (χ0n) is 20.6. The summed E-state index contributed by atoms with van der Waals surface area (Å²) < 4.78 is 5.72. The summed E-state index contributed by atoms with van der Waals surface area (Å²) >= 11 is 0. The number of ether oxygens (including phenoxy) is 1. The first-order valence-corrected chi connectivity index (χ1v) is 11.3. The van der Waals surface area contributed by atoms with Crippen molar-refractivity contribution >= 4 is 5.78 Å². The smallest absolute Gasteiger partial charge is 0.159 e. The molecule has 1 aliphatic rings. The minimum absolute atomic E-state index is 0. The molecule has 0 amide bonds. The van der Waals surface area contributed by atoms with E-state index >= 15 is 0 Å². The number of nitrogens with zero attached hydrogens (tertiary/aromatic N) is 1. The van der Waals surface area contributed by atoms with Crippen LogP contribution in [0.5, 0.6) is 5.75 Å². The SMILES string of the molecule is CC(C)CC(=O)/C=C(\O)CC(C)C.[Ir].[Y].[c-]1ccccc1-c1[c-]cc2c(n1)-c1[c-]cccc1CO2. The Bertz CT molecular complexity index is 1110. The number of carbonyl (C=O) groups excluding carboxylic acids is 1. The molecule has 4 rings (SSSR count). The molecule has 2 radical (unpaired) electrons. The molecule has 0 spiro atoms. The van der Waals surface area contributed by atoms with E-state index in [9.17, 15) is 9.90 Å². The second-order valence-electron chi connectivity index (χ2n) is 8.90. The molecule has 0 atom stereocenters. The first-order chi connectivity index (χ1) is 15.8. The summed E-state index contributed by atoms with van der Waals surface area (Å²) in [6, 6.07) is 25.1. The largest absolute Gasteiger partial charge is 0.562 e. The average molecular weight is 722 g/mol. The Morgan fingerprint density at radius 3 is 2.43 bits per heavy atom. The van der Waals surface area contributed by atoms with E-state index in [1.807, 2.05) is 76.2 Å². The Balaban J connectivity index is 0.000000364. The minimum Gasteiger partial charge on any atom is -0.562 e. The molecule has 1 N–H and O–H groups in total. The van der Waals surface area contributed by atoms with Crippen LogP contribution in [0.15, 0.2) is 60.4 Å². The van der Waals surface area contributed by atoms with Crippen LogP contribution in [0.1, 0.15) is 46.1 Å². The van der Waals surface area contributed by atoms with E-state index in [2.05, 4.69) is 23.2 Å². The van der Waals surface area contributed by atoms with Crippen LogP contribution in [0.2, 0.25) is 0 Å². The van der Waals surface area contributed by atoms with Crippen molar-refractivity contribution in [1.29, 1.82) is 0 Å². The normalized spacial score (nSPS) is 11.7. The van der Waals surface area contributed by atoms with Crippen LogP contribution in [0.4, 0.5) is 0 Å². The predicted octanol–water partition coefficient (Wildman–Crippen LogP) is 6.79. The van der Waals surface area contributed by atoms with E-state index in [1.165, 1.54) is 6.08 Å². The number of aliphatic hydroxyl groups excluding tert-OH is 1. The molecule has 0 saturated carbocycles. The average Bonchev–Trinajstić information content (AvgIpc) is 2.78. The van der Waals surface area contributed by atoms with Gasteiger partial charge in [-0.15, -0.1) is 41.6 Å². The van der Waals surface area contributed by atoms with Gasteiger partial charge in [0, 0.05) is 77.5 Å². The molecule has 2 heterocycles. The Hall–Kier alpha value is -1.65. The number of pyridine rings is 1. The van der Waals surface area contributed by atoms with Crippen molar-refractivity contribution in [2.45, 2.75) is 47.1 Å². The Kier molecular flexibility index (Phi) is 13.9. The summed E-state index contributed by atoms with van der Waals surface area (Å²) in [7, 11) is 0. The maximum absolute atomic E-state index is 11.2. The van der Waals surface area contributed by atoms with Crippen LogP contribution >= 0.6 is 0 Å². The number of rotatable bonds is 6. The van der Waals surface area contributed by atoms with Gasteiger partial charge in [-0.1, -0.05) is 33.3 Å². The molecule has 0 bridgehead atoms. The maximum Gasteiger partial charge on any atom is 0.159 e.